The van der Waals surface area contributed by atoms with Crippen molar-refractivity contribution in [2.45, 2.75) is 32.6 Å². The van der Waals surface area contributed by atoms with Crippen LogP contribution in [-0.2, 0) is 14.3 Å². The van der Waals surface area contributed by atoms with Crippen molar-refractivity contribution in [2.24, 2.45) is 11.8 Å². The second-order valence-corrected chi connectivity index (χ2v) is 7.98. The summed E-state index contributed by atoms with van der Waals surface area (Å²) in [6.07, 6.45) is 3.06. The Balaban J connectivity index is 1.58. The lowest BCUT2D eigenvalue weighted by atomic mass is 9.83. The van der Waals surface area contributed by atoms with Crippen molar-refractivity contribution in [3.05, 3.63) is 59.9 Å². The van der Waals surface area contributed by atoms with Crippen molar-refractivity contribution in [3.8, 4) is 0 Å². The van der Waals surface area contributed by atoms with Gasteiger partial charge in [-0.1, -0.05) is 24.3 Å². The summed E-state index contributed by atoms with van der Waals surface area (Å²) in [5.41, 5.74) is 1.53. The molecule has 1 N–H and O–H groups in total. The van der Waals surface area contributed by atoms with Gasteiger partial charge < -0.3 is 14.6 Å². The average molecular weight is 429 g/mol. The maximum absolute atomic E-state index is 14.1. The first-order chi connectivity index (χ1) is 14.9. The maximum Gasteiger partial charge on any atom is 0.418 e. The SMILES string of the molecule is Cc1ccc(N(C(=O)OC[C@H]2CC[C@H](COCC(=O)O)CC2)c2ccccc2)cc1F. The number of carboxylic acids is 1. The molecule has 1 aliphatic rings. The second kappa shape index (κ2) is 10.9. The van der Waals surface area contributed by atoms with E-state index in [1.165, 1.54) is 11.0 Å². The number of carbonyl (C=O) groups excluding carboxylic acids is 1. The molecule has 1 saturated carbocycles. The largest absolute Gasteiger partial charge is 0.480 e. The Morgan fingerprint density at radius 3 is 2.26 bits per heavy atom. The predicted octanol–water partition coefficient (Wildman–Crippen LogP) is 5.32. The molecule has 0 bridgehead atoms. The molecular weight excluding hydrogens is 401 g/mol. The van der Waals surface area contributed by atoms with Gasteiger partial charge in [-0.2, -0.15) is 0 Å². The van der Waals surface area contributed by atoms with Crippen LogP contribution in [0, 0.1) is 24.6 Å². The first-order valence-corrected chi connectivity index (χ1v) is 10.5. The topological polar surface area (TPSA) is 76.1 Å². The number of benzene rings is 2. The predicted molar refractivity (Wildman–Crippen MR) is 115 cm³/mol. The van der Waals surface area contributed by atoms with E-state index in [0.717, 1.165) is 25.7 Å². The fourth-order valence-corrected chi connectivity index (χ4v) is 3.79. The molecule has 7 heteroatoms. The zero-order valence-corrected chi connectivity index (χ0v) is 17.6. The molecule has 2 aromatic carbocycles. The molecule has 0 radical (unpaired) electrons. The van der Waals surface area contributed by atoms with Gasteiger partial charge in [0, 0.05) is 0 Å². The number of aliphatic carboxylic acids is 1. The second-order valence-electron chi connectivity index (χ2n) is 7.98. The van der Waals surface area contributed by atoms with Crippen molar-refractivity contribution >= 4 is 23.4 Å². The minimum absolute atomic E-state index is 0.243. The lowest BCUT2D eigenvalue weighted by Gasteiger charge is -2.29. The van der Waals surface area contributed by atoms with Crippen LogP contribution in [0.25, 0.3) is 0 Å². The standard InChI is InChI=1S/C24H28FNO5/c1-17-7-12-21(13-22(17)25)26(20-5-3-2-4-6-20)24(29)31-15-19-10-8-18(9-11-19)14-30-16-23(27)28/h2-7,12-13,18-19H,8-11,14-16H2,1H3,(H,27,28)/t18-,19-. The Morgan fingerprint density at radius 1 is 1.00 bits per heavy atom. The van der Waals surface area contributed by atoms with E-state index in [2.05, 4.69) is 0 Å². The number of aryl methyl sites for hydroxylation is 1. The number of rotatable bonds is 8. The van der Waals surface area contributed by atoms with Crippen LogP contribution in [0.3, 0.4) is 0 Å². The molecule has 2 aromatic rings. The van der Waals surface area contributed by atoms with Gasteiger partial charge >= 0.3 is 12.1 Å². The molecule has 1 fully saturated rings. The lowest BCUT2D eigenvalue weighted by molar-refractivity contribution is -0.142. The molecular formula is C24H28FNO5. The number of carboxylic acid groups (broad SMARTS) is 1. The van der Waals surface area contributed by atoms with Crippen molar-refractivity contribution in [1.29, 1.82) is 0 Å². The van der Waals surface area contributed by atoms with Crippen LogP contribution in [0.5, 0.6) is 0 Å². The Bertz CT molecular complexity index is 881. The molecule has 6 nitrogen and oxygen atoms in total. The number of hydrogen-bond acceptors (Lipinski definition) is 4. The summed E-state index contributed by atoms with van der Waals surface area (Å²) in [6, 6.07) is 13.7. The number of ether oxygens (including phenoxy) is 2. The van der Waals surface area contributed by atoms with E-state index >= 15 is 0 Å². The van der Waals surface area contributed by atoms with Gasteiger partial charge in [0.15, 0.2) is 0 Å². The molecule has 0 unspecified atom stereocenters. The van der Waals surface area contributed by atoms with Gasteiger partial charge in [-0.15, -0.1) is 0 Å². The van der Waals surface area contributed by atoms with E-state index in [1.54, 1.807) is 31.2 Å². The van der Waals surface area contributed by atoms with E-state index in [9.17, 15) is 14.0 Å². The number of nitrogens with zero attached hydrogens (tertiary/aromatic N) is 1. The molecule has 166 valence electrons. The van der Waals surface area contributed by atoms with Crippen molar-refractivity contribution < 1.29 is 28.6 Å². The fourth-order valence-electron chi connectivity index (χ4n) is 3.79. The summed E-state index contributed by atoms with van der Waals surface area (Å²) in [6.45, 7) is 2.14. The van der Waals surface area contributed by atoms with E-state index in [0.29, 0.717) is 36.1 Å². The summed E-state index contributed by atoms with van der Waals surface area (Å²) in [5, 5.41) is 8.65. The van der Waals surface area contributed by atoms with Gasteiger partial charge in [0.05, 0.1) is 24.6 Å². The third kappa shape index (κ3) is 6.52. The van der Waals surface area contributed by atoms with Gasteiger partial charge in [-0.3, -0.25) is 0 Å². The van der Waals surface area contributed by atoms with E-state index in [1.807, 2.05) is 18.2 Å². The molecule has 0 atom stereocenters. The zero-order valence-electron chi connectivity index (χ0n) is 17.6. The molecule has 3 rings (SSSR count). The normalized spacial score (nSPS) is 18.4. The maximum atomic E-state index is 14.1. The molecule has 0 aromatic heterocycles. The molecule has 1 aliphatic carbocycles. The fraction of sp³-hybridized carbons (Fsp3) is 0.417. The van der Waals surface area contributed by atoms with Gasteiger partial charge in [-0.25, -0.2) is 18.9 Å². The molecule has 0 heterocycles. The Hall–Kier alpha value is -2.93. The summed E-state index contributed by atoms with van der Waals surface area (Å²) < 4.78 is 25.0. The molecule has 0 aliphatic heterocycles. The third-order valence-corrected chi connectivity index (χ3v) is 5.60. The summed E-state index contributed by atoms with van der Waals surface area (Å²) in [4.78, 5) is 24.9. The Morgan fingerprint density at radius 2 is 1.65 bits per heavy atom. The van der Waals surface area contributed by atoms with Crippen LogP contribution in [-0.4, -0.2) is 37.0 Å². The van der Waals surface area contributed by atoms with Crippen molar-refractivity contribution in [2.75, 3.05) is 24.7 Å². The number of halogens is 1. The first kappa shape index (κ1) is 22.7. The highest BCUT2D eigenvalue weighted by atomic mass is 19.1. The molecule has 0 spiro atoms. The number of amides is 1. The van der Waals surface area contributed by atoms with Crippen LogP contribution in [0.4, 0.5) is 20.6 Å². The smallest absolute Gasteiger partial charge is 0.418 e. The molecule has 0 saturated heterocycles. The summed E-state index contributed by atoms with van der Waals surface area (Å²) in [5.74, 6) is -0.763. The van der Waals surface area contributed by atoms with Crippen molar-refractivity contribution in [3.63, 3.8) is 0 Å². The average Bonchev–Trinajstić information content (AvgIpc) is 2.76. The van der Waals surface area contributed by atoms with Gasteiger partial charge in [0.25, 0.3) is 0 Å². The van der Waals surface area contributed by atoms with E-state index in [-0.39, 0.29) is 18.3 Å². The Kier molecular flexibility index (Phi) is 8.00. The van der Waals surface area contributed by atoms with Crippen LogP contribution >= 0.6 is 0 Å². The summed E-state index contributed by atoms with van der Waals surface area (Å²) >= 11 is 0. The van der Waals surface area contributed by atoms with Gasteiger partial charge in [-0.05, 0) is 74.3 Å². The van der Waals surface area contributed by atoms with Crippen LogP contribution in [0.15, 0.2) is 48.5 Å². The van der Waals surface area contributed by atoms with Crippen LogP contribution < -0.4 is 4.90 Å². The van der Waals surface area contributed by atoms with Crippen molar-refractivity contribution in [1.82, 2.24) is 0 Å². The third-order valence-electron chi connectivity index (χ3n) is 5.60. The molecule has 1 amide bonds. The highest BCUT2D eigenvalue weighted by Crippen LogP contribution is 2.31. The highest BCUT2D eigenvalue weighted by molar-refractivity contribution is 5.96. The minimum Gasteiger partial charge on any atom is -0.480 e. The number of para-hydroxylation sites is 1. The van der Waals surface area contributed by atoms with Crippen LogP contribution in [0.2, 0.25) is 0 Å². The number of anilines is 2. The summed E-state index contributed by atoms with van der Waals surface area (Å²) in [7, 11) is 0. The number of carbonyl (C=O) groups is 2. The minimum atomic E-state index is -0.961. The van der Waals surface area contributed by atoms with Gasteiger partial charge in [0.2, 0.25) is 0 Å². The number of hydrogen-bond donors (Lipinski definition) is 1. The van der Waals surface area contributed by atoms with Crippen LogP contribution in [0.1, 0.15) is 31.2 Å². The van der Waals surface area contributed by atoms with E-state index < -0.39 is 12.1 Å². The Labute approximate surface area is 181 Å². The monoisotopic (exact) mass is 429 g/mol. The highest BCUT2D eigenvalue weighted by Gasteiger charge is 2.25. The van der Waals surface area contributed by atoms with E-state index in [4.69, 9.17) is 14.6 Å². The first-order valence-electron chi connectivity index (χ1n) is 10.5. The molecule has 31 heavy (non-hydrogen) atoms. The quantitative estimate of drug-likeness (QED) is 0.615. The lowest BCUT2D eigenvalue weighted by Crippen LogP contribution is -2.30. The van der Waals surface area contributed by atoms with Gasteiger partial charge in [0.1, 0.15) is 12.4 Å². The zero-order chi connectivity index (χ0) is 22.2.